The zero-order valence-corrected chi connectivity index (χ0v) is 20.9. The van der Waals surface area contributed by atoms with Crippen molar-refractivity contribution in [2.24, 2.45) is 7.05 Å². The number of H-pyrrole nitrogens is 1. The number of anilines is 1. The van der Waals surface area contributed by atoms with Gasteiger partial charge in [-0.05, 0) is 30.5 Å². The fourth-order valence-electron chi connectivity index (χ4n) is 4.64. The van der Waals surface area contributed by atoms with Gasteiger partial charge in [-0.2, -0.15) is 0 Å². The molecule has 0 unspecified atom stereocenters. The first kappa shape index (κ1) is 23.8. The van der Waals surface area contributed by atoms with Crippen LogP contribution in [0.1, 0.15) is 50.3 Å². The summed E-state index contributed by atoms with van der Waals surface area (Å²) >= 11 is 1.47. The van der Waals surface area contributed by atoms with Crippen LogP contribution in [0, 0.1) is 0 Å². The second-order valence-electron chi connectivity index (χ2n) is 8.93. The van der Waals surface area contributed by atoms with Crippen LogP contribution >= 0.6 is 11.3 Å². The van der Waals surface area contributed by atoms with Crippen molar-refractivity contribution in [3.8, 4) is 0 Å². The number of nitrogens with zero attached hydrogens (tertiary/aromatic N) is 3. The van der Waals surface area contributed by atoms with E-state index in [4.69, 9.17) is 4.74 Å². The van der Waals surface area contributed by atoms with Gasteiger partial charge in [0.05, 0.1) is 24.2 Å². The highest BCUT2D eigenvalue weighted by atomic mass is 32.1. The topological polar surface area (TPSA) is 109 Å². The number of likely N-dealkylation sites (tertiary alicyclic amines) is 1. The molecule has 0 saturated carbocycles. The van der Waals surface area contributed by atoms with Gasteiger partial charge in [0.25, 0.3) is 5.91 Å². The van der Waals surface area contributed by atoms with Gasteiger partial charge in [0.2, 0.25) is 5.91 Å². The van der Waals surface area contributed by atoms with Crippen LogP contribution in [-0.2, 0) is 23.0 Å². The summed E-state index contributed by atoms with van der Waals surface area (Å²) < 4.78 is 6.35. The minimum atomic E-state index is -0.472. The number of esters is 1. The van der Waals surface area contributed by atoms with Crippen molar-refractivity contribution in [1.29, 1.82) is 0 Å². The number of nitrogens with one attached hydrogen (secondary N) is 2. The number of methoxy groups -OCH3 is 1. The molecule has 1 fully saturated rings. The number of hydrogen-bond donors (Lipinski definition) is 2. The van der Waals surface area contributed by atoms with Gasteiger partial charge < -0.3 is 24.5 Å². The molecule has 36 heavy (non-hydrogen) atoms. The quantitative estimate of drug-likeness (QED) is 0.386. The first-order valence-electron chi connectivity index (χ1n) is 11.8. The van der Waals surface area contributed by atoms with E-state index in [1.807, 2.05) is 35.4 Å². The van der Waals surface area contributed by atoms with Crippen molar-refractivity contribution >= 4 is 45.7 Å². The number of para-hydroxylation sites is 1. The number of rotatable bonds is 6. The van der Waals surface area contributed by atoms with Gasteiger partial charge >= 0.3 is 5.97 Å². The number of benzene rings is 1. The summed E-state index contributed by atoms with van der Waals surface area (Å²) in [5, 5.41) is 6.54. The molecule has 186 valence electrons. The molecule has 0 radical (unpaired) electrons. The Labute approximate surface area is 212 Å². The Morgan fingerprint density at radius 3 is 2.78 bits per heavy atom. The minimum absolute atomic E-state index is 0.131. The molecular formula is C26H27N5O4S. The maximum atomic E-state index is 12.9. The highest BCUT2D eigenvalue weighted by Crippen LogP contribution is 2.31. The van der Waals surface area contributed by atoms with Gasteiger partial charge in [-0.15, -0.1) is 11.3 Å². The Kier molecular flexibility index (Phi) is 6.60. The minimum Gasteiger partial charge on any atom is -0.464 e. The molecule has 2 N–H and O–H groups in total. The van der Waals surface area contributed by atoms with E-state index < -0.39 is 5.97 Å². The van der Waals surface area contributed by atoms with Gasteiger partial charge in [0, 0.05) is 54.7 Å². The Hall–Kier alpha value is -3.92. The molecule has 4 heterocycles. The van der Waals surface area contributed by atoms with E-state index in [-0.39, 0.29) is 17.7 Å². The molecule has 2 amide bonds. The van der Waals surface area contributed by atoms with Crippen molar-refractivity contribution in [2.75, 3.05) is 25.5 Å². The molecule has 10 heteroatoms. The highest BCUT2D eigenvalue weighted by Gasteiger charge is 2.27. The molecule has 5 rings (SSSR count). The van der Waals surface area contributed by atoms with Crippen LogP contribution in [-0.4, -0.2) is 57.4 Å². The number of thiazole rings is 1. The third kappa shape index (κ3) is 4.76. The monoisotopic (exact) mass is 505 g/mol. The van der Waals surface area contributed by atoms with Crippen LogP contribution in [0.25, 0.3) is 10.9 Å². The number of amides is 2. The number of carbonyl (C=O) groups excluding carboxylic acids is 3. The van der Waals surface area contributed by atoms with E-state index >= 15 is 0 Å². The number of carbonyl (C=O) groups is 3. The lowest BCUT2D eigenvalue weighted by Crippen LogP contribution is -2.38. The first-order chi connectivity index (χ1) is 17.4. The smallest absolute Gasteiger partial charge is 0.354 e. The summed E-state index contributed by atoms with van der Waals surface area (Å²) in [4.78, 5) is 47.1. The Bertz CT molecular complexity index is 1430. The Morgan fingerprint density at radius 1 is 1.22 bits per heavy atom. The maximum absolute atomic E-state index is 12.9. The van der Waals surface area contributed by atoms with Gasteiger partial charge in [0.1, 0.15) is 11.4 Å². The zero-order chi connectivity index (χ0) is 25.2. The standard InChI is InChI=1S/C26H27N5O4S/c1-30-14-18(12-22(30)26(34)35-2)28-24(33)21-15-36-25(29-21)16-7-9-31(10-8-16)23(32)11-17-13-27-20-6-4-3-5-19(17)20/h3-6,12-16,27H,7-11H2,1-2H3,(H,28,33). The molecular weight excluding hydrogens is 478 g/mol. The van der Waals surface area contributed by atoms with E-state index in [2.05, 4.69) is 15.3 Å². The normalized spacial score (nSPS) is 14.2. The van der Waals surface area contributed by atoms with E-state index in [1.54, 1.807) is 29.3 Å². The van der Waals surface area contributed by atoms with Crippen LogP contribution < -0.4 is 5.32 Å². The number of fused-ring (bicyclic) bond motifs is 1. The van der Waals surface area contributed by atoms with Gasteiger partial charge in [-0.25, -0.2) is 9.78 Å². The third-order valence-electron chi connectivity index (χ3n) is 6.63. The van der Waals surface area contributed by atoms with Crippen molar-refractivity contribution in [2.45, 2.75) is 25.2 Å². The molecule has 0 aliphatic carbocycles. The predicted molar refractivity (Wildman–Crippen MR) is 137 cm³/mol. The lowest BCUT2D eigenvalue weighted by molar-refractivity contribution is -0.131. The van der Waals surface area contributed by atoms with Gasteiger partial charge in [0.15, 0.2) is 0 Å². The number of ether oxygens (including phenoxy) is 1. The van der Waals surface area contributed by atoms with Crippen LogP contribution in [0.3, 0.4) is 0 Å². The molecule has 9 nitrogen and oxygen atoms in total. The molecule has 1 aliphatic heterocycles. The summed E-state index contributed by atoms with van der Waals surface area (Å²) in [6.45, 7) is 1.35. The van der Waals surface area contributed by atoms with Crippen LogP contribution in [0.5, 0.6) is 0 Å². The second-order valence-corrected chi connectivity index (χ2v) is 9.82. The van der Waals surface area contributed by atoms with Crippen molar-refractivity contribution in [3.63, 3.8) is 0 Å². The Morgan fingerprint density at radius 2 is 2.00 bits per heavy atom. The lowest BCUT2D eigenvalue weighted by Gasteiger charge is -2.31. The number of hydrogen-bond acceptors (Lipinski definition) is 6. The Balaban J connectivity index is 1.16. The van der Waals surface area contributed by atoms with Crippen LogP contribution in [0.2, 0.25) is 0 Å². The van der Waals surface area contributed by atoms with Crippen LogP contribution in [0.4, 0.5) is 5.69 Å². The number of aromatic amines is 1. The molecule has 0 bridgehead atoms. The molecule has 3 aromatic heterocycles. The molecule has 1 saturated heterocycles. The van der Waals surface area contributed by atoms with Gasteiger partial charge in [-0.1, -0.05) is 18.2 Å². The SMILES string of the molecule is COC(=O)c1cc(NC(=O)c2csc(C3CCN(C(=O)Cc4c[nH]c5ccccc45)CC3)n2)cn1C. The summed E-state index contributed by atoms with van der Waals surface area (Å²) in [6.07, 6.45) is 5.59. The molecule has 1 aliphatic rings. The van der Waals surface area contributed by atoms with Crippen LogP contribution in [0.15, 0.2) is 48.1 Å². The van der Waals surface area contributed by atoms with Crippen molar-refractivity contribution in [1.82, 2.24) is 19.4 Å². The lowest BCUT2D eigenvalue weighted by atomic mass is 9.97. The van der Waals surface area contributed by atoms with Crippen molar-refractivity contribution in [3.05, 3.63) is 70.1 Å². The third-order valence-corrected chi connectivity index (χ3v) is 7.63. The van der Waals surface area contributed by atoms with Gasteiger partial charge in [-0.3, -0.25) is 9.59 Å². The fourth-order valence-corrected chi connectivity index (χ4v) is 5.61. The highest BCUT2D eigenvalue weighted by molar-refractivity contribution is 7.10. The van der Waals surface area contributed by atoms with E-state index in [0.717, 1.165) is 34.3 Å². The van der Waals surface area contributed by atoms with E-state index in [0.29, 0.717) is 36.6 Å². The molecule has 0 atom stereocenters. The van der Waals surface area contributed by atoms with E-state index in [9.17, 15) is 14.4 Å². The average Bonchev–Trinajstić information content (AvgIpc) is 3.63. The summed E-state index contributed by atoms with van der Waals surface area (Å²) in [7, 11) is 3.02. The molecule has 0 spiro atoms. The fraction of sp³-hybridized carbons (Fsp3) is 0.308. The summed E-state index contributed by atoms with van der Waals surface area (Å²) in [5.41, 5.74) is 3.25. The second kappa shape index (κ2) is 9.98. The van der Waals surface area contributed by atoms with E-state index in [1.165, 1.54) is 18.4 Å². The average molecular weight is 506 g/mol. The zero-order valence-electron chi connectivity index (χ0n) is 20.1. The number of aromatic nitrogens is 3. The number of aryl methyl sites for hydroxylation is 1. The first-order valence-corrected chi connectivity index (χ1v) is 12.6. The largest absolute Gasteiger partial charge is 0.464 e. The summed E-state index contributed by atoms with van der Waals surface area (Å²) in [6, 6.07) is 9.58. The summed E-state index contributed by atoms with van der Waals surface area (Å²) in [5.74, 6) is -0.450. The maximum Gasteiger partial charge on any atom is 0.354 e. The molecule has 1 aromatic carbocycles. The molecule has 4 aromatic rings. The van der Waals surface area contributed by atoms with Crippen molar-refractivity contribution < 1.29 is 19.1 Å². The predicted octanol–water partition coefficient (Wildman–Crippen LogP) is 3.95. The number of piperidine rings is 1.